The minimum atomic E-state index is -0.154. The van der Waals surface area contributed by atoms with Gasteiger partial charge in [0.1, 0.15) is 11.4 Å². The Morgan fingerprint density at radius 3 is 3.00 bits per heavy atom. The maximum atomic E-state index is 6.54. The summed E-state index contributed by atoms with van der Waals surface area (Å²) in [5.74, 6) is 0.922. The van der Waals surface area contributed by atoms with Crippen LogP contribution in [-0.2, 0) is 10.3 Å². The molecule has 20 heavy (non-hydrogen) atoms. The minimum Gasteiger partial charge on any atom is -0.497 e. The van der Waals surface area contributed by atoms with E-state index in [0.29, 0.717) is 6.04 Å². The molecule has 0 N–H and O–H groups in total. The number of rotatable bonds is 2. The molecular formula is C17H25NO2. The van der Waals surface area contributed by atoms with E-state index in [1.807, 2.05) is 6.07 Å². The van der Waals surface area contributed by atoms with Gasteiger partial charge in [-0.3, -0.25) is 4.90 Å². The van der Waals surface area contributed by atoms with Crippen LogP contribution in [0.3, 0.4) is 0 Å². The number of likely N-dealkylation sites (N-methyl/N-ethyl adjacent to an activating group) is 1. The Morgan fingerprint density at radius 2 is 2.20 bits per heavy atom. The van der Waals surface area contributed by atoms with E-state index in [0.717, 1.165) is 18.7 Å². The van der Waals surface area contributed by atoms with Crippen LogP contribution in [0.15, 0.2) is 24.3 Å². The molecule has 3 atom stereocenters. The normalized spacial score (nSPS) is 34.5. The van der Waals surface area contributed by atoms with E-state index in [4.69, 9.17) is 9.47 Å². The van der Waals surface area contributed by atoms with E-state index in [9.17, 15) is 0 Å². The molecule has 0 aromatic heterocycles. The molecule has 1 aliphatic carbocycles. The first kappa shape index (κ1) is 13.9. The van der Waals surface area contributed by atoms with Crippen LogP contribution in [0, 0.1) is 0 Å². The number of ether oxygens (including phenoxy) is 2. The molecule has 110 valence electrons. The number of hydrogen-bond acceptors (Lipinski definition) is 3. The minimum absolute atomic E-state index is 0.154. The summed E-state index contributed by atoms with van der Waals surface area (Å²) in [5, 5.41) is 0. The molecule has 1 aromatic carbocycles. The lowest BCUT2D eigenvalue weighted by molar-refractivity contribution is -0.198. The summed E-state index contributed by atoms with van der Waals surface area (Å²) in [6.45, 7) is 3.21. The van der Waals surface area contributed by atoms with Crippen molar-refractivity contribution in [1.82, 2.24) is 4.90 Å². The van der Waals surface area contributed by atoms with Gasteiger partial charge in [0.2, 0.25) is 0 Å². The average Bonchev–Trinajstić information content (AvgIpc) is 2.47. The first-order chi connectivity index (χ1) is 9.65. The highest BCUT2D eigenvalue weighted by Gasteiger charge is 2.49. The predicted octanol–water partition coefficient (Wildman–Crippen LogP) is 3.18. The largest absolute Gasteiger partial charge is 0.497 e. The number of nitrogens with zero attached hydrogens (tertiary/aromatic N) is 1. The average molecular weight is 275 g/mol. The van der Waals surface area contributed by atoms with Gasteiger partial charge in [-0.15, -0.1) is 0 Å². The standard InChI is InChI=1S/C17H25NO2/c1-13-12-18(2)16-9-4-5-10-17(16,20-13)14-7-6-8-15(11-14)19-3/h6-8,11,13,16H,4-5,9-10,12H2,1-3H3/t13-,16+,17-/m1/s1. The molecule has 3 rings (SSSR count). The Balaban J connectivity index is 2.03. The van der Waals surface area contributed by atoms with Crippen molar-refractivity contribution in [3.05, 3.63) is 29.8 Å². The highest BCUT2D eigenvalue weighted by atomic mass is 16.5. The molecule has 0 bridgehead atoms. The van der Waals surface area contributed by atoms with Crippen LogP contribution in [0.25, 0.3) is 0 Å². The fraction of sp³-hybridized carbons (Fsp3) is 0.647. The van der Waals surface area contributed by atoms with Crippen LogP contribution in [0.4, 0.5) is 0 Å². The van der Waals surface area contributed by atoms with E-state index in [2.05, 4.69) is 37.1 Å². The summed E-state index contributed by atoms with van der Waals surface area (Å²) in [5.41, 5.74) is 1.12. The van der Waals surface area contributed by atoms with Gasteiger partial charge in [-0.2, -0.15) is 0 Å². The number of morpholine rings is 1. The summed E-state index contributed by atoms with van der Waals surface area (Å²) < 4.78 is 11.9. The molecule has 2 aliphatic rings. The van der Waals surface area contributed by atoms with Crippen LogP contribution in [0.5, 0.6) is 5.75 Å². The fourth-order valence-electron chi connectivity index (χ4n) is 4.06. The van der Waals surface area contributed by atoms with Gasteiger partial charge in [0.25, 0.3) is 0 Å². The van der Waals surface area contributed by atoms with Crippen molar-refractivity contribution in [2.24, 2.45) is 0 Å². The summed E-state index contributed by atoms with van der Waals surface area (Å²) in [4.78, 5) is 2.49. The number of methoxy groups -OCH3 is 1. The molecule has 1 saturated carbocycles. The Bertz CT molecular complexity index is 476. The van der Waals surface area contributed by atoms with E-state index < -0.39 is 0 Å². The zero-order valence-corrected chi connectivity index (χ0v) is 12.8. The zero-order valence-electron chi connectivity index (χ0n) is 12.8. The third-order valence-electron chi connectivity index (χ3n) is 4.86. The first-order valence-electron chi connectivity index (χ1n) is 7.68. The quantitative estimate of drug-likeness (QED) is 0.827. The zero-order chi connectivity index (χ0) is 14.2. The lowest BCUT2D eigenvalue weighted by atomic mass is 9.73. The van der Waals surface area contributed by atoms with Gasteiger partial charge in [0.05, 0.1) is 13.2 Å². The van der Waals surface area contributed by atoms with Gasteiger partial charge in [0, 0.05) is 12.6 Å². The van der Waals surface area contributed by atoms with Gasteiger partial charge < -0.3 is 9.47 Å². The van der Waals surface area contributed by atoms with Crippen molar-refractivity contribution in [3.63, 3.8) is 0 Å². The Hall–Kier alpha value is -1.06. The van der Waals surface area contributed by atoms with Crippen molar-refractivity contribution >= 4 is 0 Å². The van der Waals surface area contributed by atoms with Crippen molar-refractivity contribution < 1.29 is 9.47 Å². The molecule has 1 saturated heterocycles. The molecule has 0 spiro atoms. The highest BCUT2D eigenvalue weighted by molar-refractivity contribution is 5.34. The number of fused-ring (bicyclic) bond motifs is 1. The lowest BCUT2D eigenvalue weighted by Crippen LogP contribution is -2.60. The third-order valence-corrected chi connectivity index (χ3v) is 4.86. The van der Waals surface area contributed by atoms with Crippen molar-refractivity contribution in [3.8, 4) is 5.75 Å². The summed E-state index contributed by atoms with van der Waals surface area (Å²) in [7, 11) is 3.97. The number of hydrogen-bond donors (Lipinski definition) is 0. The van der Waals surface area contributed by atoms with E-state index in [-0.39, 0.29) is 11.7 Å². The van der Waals surface area contributed by atoms with Crippen molar-refractivity contribution in [2.75, 3.05) is 20.7 Å². The molecule has 3 nitrogen and oxygen atoms in total. The van der Waals surface area contributed by atoms with Gasteiger partial charge in [-0.25, -0.2) is 0 Å². The Labute approximate surface area is 121 Å². The van der Waals surface area contributed by atoms with Gasteiger partial charge >= 0.3 is 0 Å². The van der Waals surface area contributed by atoms with E-state index >= 15 is 0 Å². The van der Waals surface area contributed by atoms with Crippen LogP contribution in [0.1, 0.15) is 38.2 Å². The Kier molecular flexibility index (Phi) is 3.74. The number of benzene rings is 1. The van der Waals surface area contributed by atoms with Crippen LogP contribution in [-0.4, -0.2) is 37.7 Å². The van der Waals surface area contributed by atoms with Gasteiger partial charge in [-0.05, 0) is 44.5 Å². The molecule has 1 aromatic rings. The maximum absolute atomic E-state index is 6.54. The third kappa shape index (κ3) is 2.23. The van der Waals surface area contributed by atoms with E-state index in [1.54, 1.807) is 7.11 Å². The molecule has 0 radical (unpaired) electrons. The molecule has 1 aliphatic heterocycles. The van der Waals surface area contributed by atoms with Crippen LogP contribution >= 0.6 is 0 Å². The second-order valence-electron chi connectivity index (χ2n) is 6.25. The summed E-state index contributed by atoms with van der Waals surface area (Å²) in [6, 6.07) is 8.93. The highest BCUT2D eigenvalue weighted by Crippen LogP contribution is 2.46. The van der Waals surface area contributed by atoms with Crippen molar-refractivity contribution in [1.29, 1.82) is 0 Å². The summed E-state index contributed by atoms with van der Waals surface area (Å²) in [6.07, 6.45) is 5.16. The SMILES string of the molecule is COc1cccc([C@]23CCCC[C@@H]2N(C)C[C@@H](C)O3)c1. The molecule has 1 heterocycles. The van der Waals surface area contributed by atoms with Crippen molar-refractivity contribution in [2.45, 2.75) is 50.4 Å². The summed E-state index contributed by atoms with van der Waals surface area (Å²) >= 11 is 0. The lowest BCUT2D eigenvalue weighted by Gasteiger charge is -2.53. The second-order valence-corrected chi connectivity index (χ2v) is 6.25. The monoisotopic (exact) mass is 275 g/mol. The topological polar surface area (TPSA) is 21.7 Å². The second kappa shape index (κ2) is 5.38. The first-order valence-corrected chi connectivity index (χ1v) is 7.68. The molecule has 2 fully saturated rings. The molecule has 0 amide bonds. The van der Waals surface area contributed by atoms with Gasteiger partial charge in [0.15, 0.2) is 0 Å². The smallest absolute Gasteiger partial charge is 0.119 e. The molecule has 3 heteroatoms. The Morgan fingerprint density at radius 1 is 1.35 bits per heavy atom. The maximum Gasteiger partial charge on any atom is 0.119 e. The van der Waals surface area contributed by atoms with Crippen LogP contribution < -0.4 is 4.74 Å². The van der Waals surface area contributed by atoms with E-state index in [1.165, 1.54) is 24.8 Å². The molecular weight excluding hydrogens is 250 g/mol. The fourth-order valence-corrected chi connectivity index (χ4v) is 4.06. The van der Waals surface area contributed by atoms with Crippen LogP contribution in [0.2, 0.25) is 0 Å². The molecule has 0 unspecified atom stereocenters. The predicted molar refractivity (Wildman–Crippen MR) is 80.1 cm³/mol. The van der Waals surface area contributed by atoms with Gasteiger partial charge in [-0.1, -0.05) is 25.0 Å².